The van der Waals surface area contributed by atoms with Crippen LogP contribution in [0.15, 0.2) is 46.9 Å². The van der Waals surface area contributed by atoms with Crippen LogP contribution in [0.1, 0.15) is 29.7 Å². The number of nitrogens with one attached hydrogen (secondary N) is 1. The van der Waals surface area contributed by atoms with Crippen molar-refractivity contribution in [1.82, 2.24) is 5.32 Å². The van der Waals surface area contributed by atoms with E-state index in [9.17, 15) is 4.39 Å². The molecule has 2 rings (SSSR count). The van der Waals surface area contributed by atoms with E-state index in [0.717, 1.165) is 15.6 Å². The van der Waals surface area contributed by atoms with Gasteiger partial charge in [0.05, 0.1) is 0 Å². The second kappa shape index (κ2) is 6.31. The molecule has 0 heterocycles. The monoisotopic (exact) mass is 321 g/mol. The predicted molar refractivity (Wildman–Crippen MR) is 80.5 cm³/mol. The second-order valence-corrected chi connectivity index (χ2v) is 5.64. The summed E-state index contributed by atoms with van der Waals surface area (Å²) >= 11 is 3.43. The lowest BCUT2D eigenvalue weighted by atomic mass is 10.1. The smallest absolute Gasteiger partial charge is 0.123 e. The van der Waals surface area contributed by atoms with E-state index in [1.807, 2.05) is 25.1 Å². The molecule has 19 heavy (non-hydrogen) atoms. The summed E-state index contributed by atoms with van der Waals surface area (Å²) in [5, 5.41) is 3.42. The molecule has 0 aromatic heterocycles. The fraction of sp³-hybridized carbons (Fsp3) is 0.250. The molecule has 0 aliphatic heterocycles. The van der Waals surface area contributed by atoms with Crippen molar-refractivity contribution in [2.45, 2.75) is 26.4 Å². The third-order valence-electron chi connectivity index (χ3n) is 3.28. The molecule has 0 fully saturated rings. The zero-order valence-corrected chi connectivity index (χ0v) is 12.7. The van der Waals surface area contributed by atoms with Gasteiger partial charge in [0, 0.05) is 17.1 Å². The fourth-order valence-corrected chi connectivity index (χ4v) is 2.23. The number of rotatable bonds is 4. The van der Waals surface area contributed by atoms with Crippen molar-refractivity contribution < 1.29 is 4.39 Å². The molecule has 0 bridgehead atoms. The van der Waals surface area contributed by atoms with Crippen LogP contribution in [-0.4, -0.2) is 0 Å². The highest BCUT2D eigenvalue weighted by Gasteiger charge is 2.06. The molecule has 2 aromatic carbocycles. The van der Waals surface area contributed by atoms with Gasteiger partial charge >= 0.3 is 0 Å². The Morgan fingerprint density at radius 2 is 1.84 bits per heavy atom. The lowest BCUT2D eigenvalue weighted by Gasteiger charge is -2.15. The van der Waals surface area contributed by atoms with Gasteiger partial charge < -0.3 is 5.32 Å². The van der Waals surface area contributed by atoms with Gasteiger partial charge in [0.2, 0.25) is 0 Å². The first-order valence-corrected chi connectivity index (χ1v) is 7.09. The SMILES string of the molecule is Cc1ccc(F)cc1CN[C@H](C)c1ccc(Br)cc1. The molecule has 0 saturated heterocycles. The Kier molecular flexibility index (Phi) is 4.72. The van der Waals surface area contributed by atoms with Gasteiger partial charge in [-0.3, -0.25) is 0 Å². The summed E-state index contributed by atoms with van der Waals surface area (Å²) in [6.45, 7) is 4.78. The van der Waals surface area contributed by atoms with E-state index < -0.39 is 0 Å². The molecule has 1 nitrogen and oxygen atoms in total. The topological polar surface area (TPSA) is 12.0 Å². The maximum Gasteiger partial charge on any atom is 0.123 e. The summed E-state index contributed by atoms with van der Waals surface area (Å²) in [4.78, 5) is 0. The van der Waals surface area contributed by atoms with Crippen LogP contribution in [0, 0.1) is 12.7 Å². The Morgan fingerprint density at radius 3 is 2.53 bits per heavy atom. The minimum Gasteiger partial charge on any atom is -0.306 e. The Morgan fingerprint density at radius 1 is 1.16 bits per heavy atom. The number of halogens is 2. The second-order valence-electron chi connectivity index (χ2n) is 4.72. The van der Waals surface area contributed by atoms with E-state index in [-0.39, 0.29) is 11.9 Å². The molecule has 2 aromatic rings. The molecule has 1 N–H and O–H groups in total. The lowest BCUT2D eigenvalue weighted by Crippen LogP contribution is -2.18. The standard InChI is InChI=1S/C16H17BrFN/c1-11-3-8-16(18)9-14(11)10-19-12(2)13-4-6-15(17)7-5-13/h3-9,12,19H,10H2,1-2H3/t12-/m1/s1. The first kappa shape index (κ1) is 14.2. The number of benzene rings is 2. The molecular formula is C16H17BrFN. The summed E-state index contributed by atoms with van der Waals surface area (Å²) in [6, 6.07) is 13.4. The molecule has 100 valence electrons. The quantitative estimate of drug-likeness (QED) is 0.857. The minimum absolute atomic E-state index is 0.182. The predicted octanol–water partition coefficient (Wildman–Crippen LogP) is 4.75. The maximum absolute atomic E-state index is 13.2. The molecule has 0 saturated carbocycles. The van der Waals surface area contributed by atoms with Crippen molar-refractivity contribution in [3.8, 4) is 0 Å². The van der Waals surface area contributed by atoms with Crippen molar-refractivity contribution >= 4 is 15.9 Å². The van der Waals surface area contributed by atoms with Crippen molar-refractivity contribution in [2.75, 3.05) is 0 Å². The van der Waals surface area contributed by atoms with Crippen LogP contribution in [0.3, 0.4) is 0 Å². The first-order valence-electron chi connectivity index (χ1n) is 6.30. The summed E-state index contributed by atoms with van der Waals surface area (Å²) in [5.74, 6) is -0.182. The maximum atomic E-state index is 13.2. The van der Waals surface area contributed by atoms with E-state index in [1.165, 1.54) is 11.6 Å². The highest BCUT2D eigenvalue weighted by Crippen LogP contribution is 2.18. The molecular weight excluding hydrogens is 305 g/mol. The molecule has 0 spiro atoms. The number of hydrogen-bond donors (Lipinski definition) is 1. The molecule has 3 heteroatoms. The summed E-state index contributed by atoms with van der Waals surface area (Å²) in [7, 11) is 0. The molecule has 0 amide bonds. The van der Waals surface area contributed by atoms with E-state index >= 15 is 0 Å². The molecule has 0 radical (unpaired) electrons. The highest BCUT2D eigenvalue weighted by atomic mass is 79.9. The van der Waals surface area contributed by atoms with Gasteiger partial charge in [-0.05, 0) is 54.8 Å². The highest BCUT2D eigenvalue weighted by molar-refractivity contribution is 9.10. The van der Waals surface area contributed by atoms with Crippen LogP contribution >= 0.6 is 15.9 Å². The lowest BCUT2D eigenvalue weighted by molar-refractivity contribution is 0.567. The van der Waals surface area contributed by atoms with Gasteiger partial charge in [-0.25, -0.2) is 4.39 Å². The zero-order chi connectivity index (χ0) is 13.8. The minimum atomic E-state index is -0.182. The molecule has 0 aliphatic rings. The van der Waals surface area contributed by atoms with E-state index in [2.05, 4.69) is 40.3 Å². The van der Waals surface area contributed by atoms with Gasteiger partial charge in [-0.15, -0.1) is 0 Å². The Hall–Kier alpha value is -1.19. The van der Waals surface area contributed by atoms with Crippen molar-refractivity contribution in [2.24, 2.45) is 0 Å². The average molecular weight is 322 g/mol. The van der Waals surface area contributed by atoms with Gasteiger partial charge in [0.1, 0.15) is 5.82 Å². The van der Waals surface area contributed by atoms with Gasteiger partial charge in [-0.1, -0.05) is 34.1 Å². The Labute approximate surface area is 122 Å². The fourth-order valence-electron chi connectivity index (χ4n) is 1.96. The third-order valence-corrected chi connectivity index (χ3v) is 3.81. The average Bonchev–Trinajstić information content (AvgIpc) is 2.40. The molecule has 0 unspecified atom stereocenters. The van der Waals surface area contributed by atoms with Crippen molar-refractivity contribution in [3.05, 3.63) is 69.4 Å². The number of aryl methyl sites for hydroxylation is 1. The summed E-state index contributed by atoms with van der Waals surface area (Å²) in [5.41, 5.74) is 3.33. The third kappa shape index (κ3) is 3.88. The largest absolute Gasteiger partial charge is 0.306 e. The van der Waals surface area contributed by atoms with Crippen molar-refractivity contribution in [1.29, 1.82) is 0 Å². The van der Waals surface area contributed by atoms with Crippen LogP contribution in [0.25, 0.3) is 0 Å². The first-order chi connectivity index (χ1) is 9.06. The Bertz CT molecular complexity index is 551. The normalized spacial score (nSPS) is 12.4. The molecule has 1 atom stereocenters. The number of hydrogen-bond acceptors (Lipinski definition) is 1. The van der Waals surface area contributed by atoms with Gasteiger partial charge in [0.25, 0.3) is 0 Å². The van der Waals surface area contributed by atoms with E-state index in [4.69, 9.17) is 0 Å². The van der Waals surface area contributed by atoms with Crippen LogP contribution in [0.4, 0.5) is 4.39 Å². The van der Waals surface area contributed by atoms with Gasteiger partial charge in [0.15, 0.2) is 0 Å². The van der Waals surface area contributed by atoms with E-state index in [1.54, 1.807) is 6.07 Å². The van der Waals surface area contributed by atoms with Gasteiger partial charge in [-0.2, -0.15) is 0 Å². The molecule has 0 aliphatic carbocycles. The van der Waals surface area contributed by atoms with Crippen LogP contribution in [0.5, 0.6) is 0 Å². The van der Waals surface area contributed by atoms with Crippen LogP contribution in [-0.2, 0) is 6.54 Å². The summed E-state index contributed by atoms with van der Waals surface area (Å²) < 4.78 is 14.3. The Balaban J connectivity index is 2.02. The van der Waals surface area contributed by atoms with Crippen molar-refractivity contribution in [3.63, 3.8) is 0 Å². The van der Waals surface area contributed by atoms with Crippen LogP contribution < -0.4 is 5.32 Å². The van der Waals surface area contributed by atoms with E-state index in [0.29, 0.717) is 6.54 Å². The van der Waals surface area contributed by atoms with Crippen LogP contribution in [0.2, 0.25) is 0 Å². The summed E-state index contributed by atoms with van der Waals surface area (Å²) in [6.07, 6.45) is 0. The zero-order valence-electron chi connectivity index (χ0n) is 11.1.